The van der Waals surface area contributed by atoms with Crippen LogP contribution in [0.1, 0.15) is 30.7 Å². The number of aliphatic hydroxyl groups is 1. The van der Waals surface area contributed by atoms with Crippen molar-refractivity contribution in [1.29, 1.82) is 0 Å². The Morgan fingerprint density at radius 3 is 2.54 bits per heavy atom. The lowest BCUT2D eigenvalue weighted by Crippen LogP contribution is -2.47. The van der Waals surface area contributed by atoms with E-state index in [-0.39, 0.29) is 12.5 Å². The summed E-state index contributed by atoms with van der Waals surface area (Å²) in [5.74, 6) is -0.203. The molecule has 1 aromatic carbocycles. The molecule has 1 aromatic heterocycles. The molecule has 1 amide bonds. The number of hydrogen-bond acceptors (Lipinski definition) is 6. The number of amides is 1. The molecule has 0 spiro atoms. The Hall–Kier alpha value is -3.07. The van der Waals surface area contributed by atoms with Crippen LogP contribution in [0.25, 0.3) is 11.1 Å². The standard InChI is InChI=1S/C27H31FN4O3/c1-27(2)22(16-24(35-27)25-21-6-4-19(28)15-23(21)30-26(25)34)18-3-5-20(29-17-18)7-8-31-9-11-32(12-10-31)13-14-33/h3-6,15-17,33H,7-14H2,1-2H3,(H,30,34)/b25-24+. The summed E-state index contributed by atoms with van der Waals surface area (Å²) in [7, 11) is 0. The van der Waals surface area contributed by atoms with Crippen LogP contribution in [0.15, 0.2) is 48.4 Å². The Balaban J connectivity index is 1.30. The normalized spacial score (nSPS) is 22.1. The highest BCUT2D eigenvalue weighted by Crippen LogP contribution is 2.44. The number of nitrogens with one attached hydrogen (secondary N) is 1. The van der Waals surface area contributed by atoms with Gasteiger partial charge in [0.1, 0.15) is 17.2 Å². The van der Waals surface area contributed by atoms with Gasteiger partial charge in [0.2, 0.25) is 0 Å². The average molecular weight is 479 g/mol. The number of piperazine rings is 1. The van der Waals surface area contributed by atoms with Crippen LogP contribution >= 0.6 is 0 Å². The third-order valence-electron chi connectivity index (χ3n) is 6.96. The van der Waals surface area contributed by atoms with Crippen LogP contribution in [-0.2, 0) is 16.0 Å². The lowest BCUT2D eigenvalue weighted by Gasteiger charge is -2.34. The van der Waals surface area contributed by atoms with Gasteiger partial charge in [-0.15, -0.1) is 0 Å². The van der Waals surface area contributed by atoms with Crippen LogP contribution < -0.4 is 5.32 Å². The SMILES string of the molecule is CC1(C)O/C(=C2/C(=O)Nc3cc(F)ccc32)C=C1c1ccc(CCN2CCN(CCO)CC2)nc1. The fourth-order valence-electron chi connectivity index (χ4n) is 4.99. The summed E-state index contributed by atoms with van der Waals surface area (Å²) in [4.78, 5) is 22.1. The first-order valence-corrected chi connectivity index (χ1v) is 12.1. The number of fused-ring (bicyclic) bond motifs is 1. The van der Waals surface area contributed by atoms with Gasteiger partial charge in [-0.05, 0) is 44.2 Å². The van der Waals surface area contributed by atoms with Crippen molar-refractivity contribution in [2.75, 3.05) is 51.2 Å². The molecule has 1 fully saturated rings. The number of carbonyl (C=O) groups excluding carboxylic acids is 1. The molecule has 3 aliphatic heterocycles. The molecule has 0 unspecified atom stereocenters. The molecule has 2 aromatic rings. The van der Waals surface area contributed by atoms with Crippen molar-refractivity contribution in [2.24, 2.45) is 0 Å². The first-order chi connectivity index (χ1) is 16.8. The van der Waals surface area contributed by atoms with Gasteiger partial charge in [-0.1, -0.05) is 6.07 Å². The highest BCUT2D eigenvalue weighted by Gasteiger charge is 2.38. The number of nitrogens with zero attached hydrogens (tertiary/aromatic N) is 3. The highest BCUT2D eigenvalue weighted by molar-refractivity contribution is 6.32. The molecule has 1 saturated heterocycles. The van der Waals surface area contributed by atoms with Gasteiger partial charge < -0.3 is 20.1 Å². The molecule has 0 saturated carbocycles. The molecule has 0 atom stereocenters. The van der Waals surface area contributed by atoms with Crippen LogP contribution in [-0.4, -0.2) is 77.3 Å². The van der Waals surface area contributed by atoms with E-state index < -0.39 is 11.4 Å². The number of anilines is 1. The Morgan fingerprint density at radius 1 is 1.11 bits per heavy atom. The third-order valence-corrected chi connectivity index (χ3v) is 6.96. The zero-order chi connectivity index (χ0) is 24.6. The van der Waals surface area contributed by atoms with Gasteiger partial charge in [-0.2, -0.15) is 0 Å². The van der Waals surface area contributed by atoms with Crippen molar-refractivity contribution < 1.29 is 19.0 Å². The van der Waals surface area contributed by atoms with E-state index in [0.717, 1.165) is 62.5 Å². The molecule has 0 radical (unpaired) electrons. The average Bonchev–Trinajstić information content (AvgIpc) is 3.33. The van der Waals surface area contributed by atoms with E-state index in [1.807, 2.05) is 26.1 Å². The molecule has 3 aliphatic rings. The number of halogens is 1. The van der Waals surface area contributed by atoms with Gasteiger partial charge in [0.05, 0.1) is 17.9 Å². The Morgan fingerprint density at radius 2 is 1.86 bits per heavy atom. The maximum absolute atomic E-state index is 13.6. The second kappa shape index (κ2) is 9.53. The molecule has 8 heteroatoms. The van der Waals surface area contributed by atoms with Crippen molar-refractivity contribution in [3.63, 3.8) is 0 Å². The van der Waals surface area contributed by atoms with E-state index in [1.165, 1.54) is 12.1 Å². The largest absolute Gasteiger partial charge is 0.482 e. The highest BCUT2D eigenvalue weighted by atomic mass is 19.1. The second-order valence-electron chi connectivity index (χ2n) is 9.75. The number of carbonyl (C=O) groups is 1. The van der Waals surface area contributed by atoms with E-state index >= 15 is 0 Å². The van der Waals surface area contributed by atoms with Gasteiger partial charge in [0.15, 0.2) is 0 Å². The van der Waals surface area contributed by atoms with E-state index in [4.69, 9.17) is 14.8 Å². The molecule has 4 heterocycles. The zero-order valence-electron chi connectivity index (χ0n) is 20.2. The summed E-state index contributed by atoms with van der Waals surface area (Å²) in [5.41, 5.74) is 3.82. The molecular formula is C27H31FN4O3. The summed E-state index contributed by atoms with van der Waals surface area (Å²) in [5, 5.41) is 11.8. The van der Waals surface area contributed by atoms with Gasteiger partial charge in [0.25, 0.3) is 5.91 Å². The lowest BCUT2D eigenvalue weighted by molar-refractivity contribution is -0.111. The maximum atomic E-state index is 13.6. The summed E-state index contributed by atoms with van der Waals surface area (Å²) in [6, 6.07) is 8.39. The van der Waals surface area contributed by atoms with Crippen LogP contribution in [0.5, 0.6) is 0 Å². The molecule has 0 bridgehead atoms. The van der Waals surface area contributed by atoms with Gasteiger partial charge in [-0.3, -0.25) is 14.7 Å². The fourth-order valence-corrected chi connectivity index (χ4v) is 4.99. The quantitative estimate of drug-likeness (QED) is 0.622. The number of rotatable bonds is 6. The van der Waals surface area contributed by atoms with E-state index in [0.29, 0.717) is 22.6 Å². The van der Waals surface area contributed by atoms with Crippen molar-refractivity contribution >= 4 is 22.7 Å². The van der Waals surface area contributed by atoms with Crippen molar-refractivity contribution in [1.82, 2.24) is 14.8 Å². The predicted octanol–water partition coefficient (Wildman–Crippen LogP) is 2.93. The molecule has 2 N–H and O–H groups in total. The molecule has 184 valence electrons. The number of allylic oxidation sites excluding steroid dienone is 1. The van der Waals surface area contributed by atoms with E-state index in [2.05, 4.69) is 27.2 Å². The monoisotopic (exact) mass is 478 g/mol. The summed E-state index contributed by atoms with van der Waals surface area (Å²) in [6.45, 7) is 9.87. The molecule has 5 rings (SSSR count). The predicted molar refractivity (Wildman–Crippen MR) is 133 cm³/mol. The smallest absolute Gasteiger partial charge is 0.260 e. The minimum atomic E-state index is -0.636. The molecular weight excluding hydrogens is 447 g/mol. The zero-order valence-corrected chi connectivity index (χ0v) is 20.2. The number of aliphatic hydroxyl groups excluding tert-OH is 1. The summed E-state index contributed by atoms with van der Waals surface area (Å²) in [6.07, 6.45) is 4.65. The van der Waals surface area contributed by atoms with Crippen molar-refractivity contribution in [2.45, 2.75) is 25.9 Å². The first kappa shape index (κ1) is 23.7. The number of benzene rings is 1. The second-order valence-corrected chi connectivity index (χ2v) is 9.75. The van der Waals surface area contributed by atoms with Crippen LogP contribution in [0.3, 0.4) is 0 Å². The Bertz CT molecular complexity index is 1180. The first-order valence-electron chi connectivity index (χ1n) is 12.1. The Labute approximate surface area is 204 Å². The van der Waals surface area contributed by atoms with Gasteiger partial charge >= 0.3 is 0 Å². The number of β-amino-alcohol motifs (C(OH)–C–C–N with tert-alkyl or cyclic N) is 1. The fraction of sp³-hybridized carbons (Fsp3) is 0.407. The minimum Gasteiger partial charge on any atom is -0.482 e. The van der Waals surface area contributed by atoms with Crippen LogP contribution in [0, 0.1) is 5.82 Å². The van der Waals surface area contributed by atoms with Crippen molar-refractivity contribution in [3.8, 4) is 0 Å². The number of ether oxygens (including phenoxy) is 1. The summed E-state index contributed by atoms with van der Waals surface area (Å²) < 4.78 is 19.8. The van der Waals surface area contributed by atoms with E-state index in [9.17, 15) is 9.18 Å². The van der Waals surface area contributed by atoms with Gasteiger partial charge in [0, 0.05) is 74.3 Å². The third kappa shape index (κ3) is 4.87. The number of aromatic nitrogens is 1. The molecule has 0 aliphatic carbocycles. The van der Waals surface area contributed by atoms with Crippen LogP contribution in [0.2, 0.25) is 0 Å². The van der Waals surface area contributed by atoms with E-state index in [1.54, 1.807) is 6.07 Å². The topological polar surface area (TPSA) is 77.9 Å². The molecule has 7 nitrogen and oxygen atoms in total. The summed E-state index contributed by atoms with van der Waals surface area (Å²) >= 11 is 0. The lowest BCUT2D eigenvalue weighted by atomic mass is 9.93. The molecule has 35 heavy (non-hydrogen) atoms. The Kier molecular flexibility index (Phi) is 6.44. The van der Waals surface area contributed by atoms with Crippen molar-refractivity contribution in [3.05, 3.63) is 71.0 Å². The number of pyridine rings is 1. The van der Waals surface area contributed by atoms with Crippen LogP contribution in [0.4, 0.5) is 10.1 Å². The maximum Gasteiger partial charge on any atom is 0.260 e. The van der Waals surface area contributed by atoms with Gasteiger partial charge in [-0.25, -0.2) is 4.39 Å². The number of hydrogen-bond donors (Lipinski definition) is 2. The minimum absolute atomic E-state index is 0.216.